The molecule has 0 fully saturated rings. The van der Waals surface area contributed by atoms with Crippen molar-refractivity contribution in [1.29, 1.82) is 0 Å². The molecule has 11 rings (SSSR count). The Bertz CT molecular complexity index is 3190. The minimum Gasteiger partial charge on any atom is -0.134 e. The van der Waals surface area contributed by atoms with Gasteiger partial charge in [-0.2, -0.15) is 0 Å². The van der Waals surface area contributed by atoms with Crippen LogP contribution in [-0.4, -0.2) is 0 Å². The predicted octanol–water partition coefficient (Wildman–Crippen LogP) is 15.8. The number of thiophene rings is 1. The largest absolute Gasteiger partial charge is 0.134 e. The predicted molar refractivity (Wildman–Crippen MR) is 239 cm³/mol. The van der Waals surface area contributed by atoms with Gasteiger partial charge < -0.3 is 0 Å². The fraction of sp³-hybridized carbons (Fsp3) is 0. The molecule has 0 bridgehead atoms. The summed E-state index contributed by atoms with van der Waals surface area (Å²) in [5.41, 5.74) is 12.3. The second-order valence-electron chi connectivity index (χ2n) is 14.4. The minimum atomic E-state index is 1.22. The summed E-state index contributed by atoms with van der Waals surface area (Å²) < 4.78 is 2.63. The molecule has 0 amide bonds. The monoisotopic (exact) mass is 714 g/mol. The van der Waals surface area contributed by atoms with E-state index in [1.54, 1.807) is 0 Å². The zero-order valence-electron chi connectivity index (χ0n) is 30.0. The van der Waals surface area contributed by atoms with Gasteiger partial charge in [-0.15, -0.1) is 11.3 Å². The average molecular weight is 715 g/mol. The Kier molecular flexibility index (Phi) is 7.46. The van der Waals surface area contributed by atoms with Gasteiger partial charge in [0.15, 0.2) is 0 Å². The lowest BCUT2D eigenvalue weighted by molar-refractivity contribution is 1.61. The van der Waals surface area contributed by atoms with Gasteiger partial charge >= 0.3 is 0 Å². The Hall–Kier alpha value is -6.80. The third-order valence-corrected chi connectivity index (χ3v) is 12.5. The quantitative estimate of drug-likeness (QED) is 0.156. The summed E-state index contributed by atoms with van der Waals surface area (Å²) in [5, 5.41) is 10.4. The van der Waals surface area contributed by atoms with Crippen molar-refractivity contribution < 1.29 is 0 Å². The van der Waals surface area contributed by atoms with Crippen molar-refractivity contribution in [2.24, 2.45) is 0 Å². The third kappa shape index (κ3) is 5.35. The molecule has 1 heteroatoms. The van der Waals surface area contributed by atoms with Crippen LogP contribution in [0.5, 0.6) is 0 Å². The zero-order valence-corrected chi connectivity index (χ0v) is 30.9. The van der Waals surface area contributed by atoms with Crippen molar-refractivity contribution in [2.75, 3.05) is 0 Å². The molecule has 0 radical (unpaired) electrons. The highest BCUT2D eigenvalue weighted by atomic mass is 32.1. The summed E-state index contributed by atoms with van der Waals surface area (Å²) in [7, 11) is 0. The standard InChI is InChI=1S/C54H34S/c1-4-15-35(16-5-1)41-31-48(37-19-8-3-9-20-37)53-51(33-41)52-34-42(36-17-6-2-7-18-36)32-49(54(52)55-53)40-22-14-21-38(29-40)39-27-28-47-45-25-11-10-23-43(45)44-24-12-13-26-46(44)50(47)30-39/h1-34H. The van der Waals surface area contributed by atoms with Crippen molar-refractivity contribution in [3.63, 3.8) is 0 Å². The van der Waals surface area contributed by atoms with Crippen LogP contribution in [0.25, 0.3) is 108 Å². The van der Waals surface area contributed by atoms with E-state index in [-0.39, 0.29) is 0 Å². The lowest BCUT2D eigenvalue weighted by Gasteiger charge is -2.13. The second-order valence-corrected chi connectivity index (χ2v) is 15.5. The van der Waals surface area contributed by atoms with Crippen LogP contribution in [0.2, 0.25) is 0 Å². The molecule has 0 aliphatic carbocycles. The molecule has 256 valence electrons. The number of hydrogen-bond donors (Lipinski definition) is 0. The molecule has 0 aliphatic heterocycles. The van der Waals surface area contributed by atoms with E-state index < -0.39 is 0 Å². The first-order chi connectivity index (χ1) is 27.3. The summed E-state index contributed by atoms with van der Waals surface area (Å²) in [5.74, 6) is 0. The van der Waals surface area contributed by atoms with Gasteiger partial charge in [0, 0.05) is 31.3 Å². The lowest BCUT2D eigenvalue weighted by atomic mass is 9.90. The van der Waals surface area contributed by atoms with Crippen LogP contribution in [-0.2, 0) is 0 Å². The fourth-order valence-electron chi connectivity index (χ4n) is 8.57. The number of fused-ring (bicyclic) bond motifs is 9. The molecule has 0 nitrogen and oxygen atoms in total. The van der Waals surface area contributed by atoms with E-state index in [0.717, 1.165) is 0 Å². The minimum absolute atomic E-state index is 1.22. The van der Waals surface area contributed by atoms with Gasteiger partial charge in [0.2, 0.25) is 0 Å². The highest BCUT2D eigenvalue weighted by molar-refractivity contribution is 7.27. The molecule has 11 aromatic rings. The summed E-state index contributed by atoms with van der Waals surface area (Å²) in [4.78, 5) is 0. The molecule has 0 aliphatic rings. The van der Waals surface area contributed by atoms with Crippen molar-refractivity contribution in [2.45, 2.75) is 0 Å². The molecule has 0 saturated carbocycles. The van der Waals surface area contributed by atoms with Crippen LogP contribution in [0.3, 0.4) is 0 Å². The van der Waals surface area contributed by atoms with Gasteiger partial charge in [-0.3, -0.25) is 0 Å². The zero-order chi connectivity index (χ0) is 36.3. The molecule has 0 spiro atoms. The molecular formula is C54H34S. The van der Waals surface area contributed by atoms with E-state index in [1.165, 1.54) is 108 Å². The highest BCUT2D eigenvalue weighted by Crippen LogP contribution is 2.48. The summed E-state index contributed by atoms with van der Waals surface area (Å²) in [6.07, 6.45) is 0. The van der Waals surface area contributed by atoms with Crippen LogP contribution >= 0.6 is 11.3 Å². The van der Waals surface area contributed by atoms with E-state index in [4.69, 9.17) is 0 Å². The lowest BCUT2D eigenvalue weighted by Crippen LogP contribution is -1.87. The van der Waals surface area contributed by atoms with E-state index in [0.29, 0.717) is 0 Å². The summed E-state index contributed by atoms with van der Waals surface area (Å²) >= 11 is 1.92. The van der Waals surface area contributed by atoms with Gasteiger partial charge in [0.25, 0.3) is 0 Å². The normalized spacial score (nSPS) is 11.6. The molecule has 55 heavy (non-hydrogen) atoms. The van der Waals surface area contributed by atoms with Gasteiger partial charge in [0.05, 0.1) is 0 Å². The molecule has 1 heterocycles. The Morgan fingerprint density at radius 1 is 0.200 bits per heavy atom. The Balaban J connectivity index is 1.16. The Morgan fingerprint density at radius 2 is 0.582 bits per heavy atom. The summed E-state index contributed by atoms with van der Waals surface area (Å²) in [6.45, 7) is 0. The van der Waals surface area contributed by atoms with Crippen molar-refractivity contribution in [1.82, 2.24) is 0 Å². The topological polar surface area (TPSA) is 0 Å². The first kappa shape index (κ1) is 31.7. The average Bonchev–Trinajstić information content (AvgIpc) is 3.65. The fourth-order valence-corrected chi connectivity index (χ4v) is 9.91. The maximum absolute atomic E-state index is 2.42. The van der Waals surface area contributed by atoms with Crippen molar-refractivity contribution in [3.8, 4) is 55.6 Å². The Morgan fingerprint density at radius 3 is 1.13 bits per heavy atom. The smallest absolute Gasteiger partial charge is 0.0434 e. The highest BCUT2D eigenvalue weighted by Gasteiger charge is 2.19. The van der Waals surface area contributed by atoms with Crippen LogP contribution in [0.15, 0.2) is 206 Å². The van der Waals surface area contributed by atoms with Crippen molar-refractivity contribution >= 4 is 63.8 Å². The maximum Gasteiger partial charge on any atom is 0.0434 e. The first-order valence-corrected chi connectivity index (χ1v) is 19.7. The van der Waals surface area contributed by atoms with E-state index >= 15 is 0 Å². The molecule has 0 saturated heterocycles. The molecular weight excluding hydrogens is 681 g/mol. The van der Waals surface area contributed by atoms with E-state index in [1.807, 2.05) is 11.3 Å². The number of hydrogen-bond acceptors (Lipinski definition) is 1. The Labute approximate surface area is 324 Å². The van der Waals surface area contributed by atoms with Gasteiger partial charge in [0.1, 0.15) is 0 Å². The van der Waals surface area contributed by atoms with Crippen LogP contribution in [0.1, 0.15) is 0 Å². The number of rotatable bonds is 5. The SMILES string of the molecule is c1ccc(-c2cc(-c3ccccc3)c3sc4c(-c5cccc(-c6ccc7c8ccccc8c8ccccc8c7c6)c5)cc(-c5ccccc5)cc4c3c2)cc1. The molecule has 0 N–H and O–H groups in total. The molecule has 0 unspecified atom stereocenters. The van der Waals surface area contributed by atoms with Crippen LogP contribution in [0.4, 0.5) is 0 Å². The van der Waals surface area contributed by atoms with E-state index in [2.05, 4.69) is 206 Å². The molecule has 1 aromatic heterocycles. The van der Waals surface area contributed by atoms with E-state index in [9.17, 15) is 0 Å². The second kappa shape index (κ2) is 13.0. The first-order valence-electron chi connectivity index (χ1n) is 18.9. The third-order valence-electron chi connectivity index (χ3n) is 11.2. The van der Waals surface area contributed by atoms with Gasteiger partial charge in [-0.1, -0.05) is 170 Å². The molecule has 10 aromatic carbocycles. The number of benzene rings is 10. The van der Waals surface area contributed by atoms with Crippen LogP contribution in [0, 0.1) is 0 Å². The van der Waals surface area contributed by atoms with Crippen molar-refractivity contribution in [3.05, 3.63) is 206 Å². The van der Waals surface area contributed by atoms with Gasteiger partial charge in [-0.05, 0) is 113 Å². The maximum atomic E-state index is 2.42. The van der Waals surface area contributed by atoms with Gasteiger partial charge in [-0.25, -0.2) is 0 Å². The molecule has 0 atom stereocenters. The summed E-state index contributed by atoms with van der Waals surface area (Å²) in [6, 6.07) is 75.9. The van der Waals surface area contributed by atoms with Crippen LogP contribution < -0.4 is 0 Å².